The minimum atomic E-state index is -0.614. The highest BCUT2D eigenvalue weighted by molar-refractivity contribution is 7.19. The molecule has 9 heteroatoms. The van der Waals surface area contributed by atoms with E-state index in [4.69, 9.17) is 11.6 Å². The molecule has 1 N–H and O–H groups in total. The number of benzene rings is 1. The Labute approximate surface area is 157 Å². The molecule has 0 fully saturated rings. The highest BCUT2D eigenvalue weighted by atomic mass is 35.5. The van der Waals surface area contributed by atoms with Gasteiger partial charge in [0.05, 0.1) is 10.3 Å². The SMILES string of the molecule is O=C(Nc1ncnc2sc3c(c12)CCCC3)c1ccc(Cl)c([N+](=O)[O-])c1. The smallest absolute Gasteiger partial charge is 0.288 e. The van der Waals surface area contributed by atoms with Crippen molar-refractivity contribution in [1.29, 1.82) is 0 Å². The number of rotatable bonds is 3. The number of hydrogen-bond donors (Lipinski definition) is 1. The van der Waals surface area contributed by atoms with Gasteiger partial charge in [0.2, 0.25) is 0 Å². The maximum absolute atomic E-state index is 12.6. The van der Waals surface area contributed by atoms with Crippen LogP contribution in [0.2, 0.25) is 5.02 Å². The van der Waals surface area contributed by atoms with Gasteiger partial charge in [-0.15, -0.1) is 11.3 Å². The summed E-state index contributed by atoms with van der Waals surface area (Å²) in [6, 6.07) is 3.96. The molecule has 0 aliphatic heterocycles. The first kappa shape index (κ1) is 16.9. The van der Waals surface area contributed by atoms with Gasteiger partial charge >= 0.3 is 0 Å². The lowest BCUT2D eigenvalue weighted by Gasteiger charge is -2.12. The van der Waals surface area contributed by atoms with Crippen molar-refractivity contribution in [2.24, 2.45) is 0 Å². The van der Waals surface area contributed by atoms with Gasteiger partial charge in [0.15, 0.2) is 0 Å². The molecule has 1 amide bonds. The molecule has 0 atom stereocenters. The summed E-state index contributed by atoms with van der Waals surface area (Å²) in [6.45, 7) is 0. The largest absolute Gasteiger partial charge is 0.306 e. The van der Waals surface area contributed by atoms with E-state index >= 15 is 0 Å². The maximum atomic E-state index is 12.6. The third kappa shape index (κ3) is 2.91. The van der Waals surface area contributed by atoms with Crippen molar-refractivity contribution in [2.75, 3.05) is 5.32 Å². The Hall–Kier alpha value is -2.58. The number of nitrogens with one attached hydrogen (secondary N) is 1. The molecular formula is C17H13ClN4O3S. The molecular weight excluding hydrogens is 376 g/mol. The van der Waals surface area contributed by atoms with Crippen LogP contribution < -0.4 is 5.32 Å². The van der Waals surface area contributed by atoms with Crippen LogP contribution in [-0.4, -0.2) is 20.8 Å². The van der Waals surface area contributed by atoms with Crippen LogP contribution in [0.4, 0.5) is 11.5 Å². The Morgan fingerprint density at radius 1 is 1.27 bits per heavy atom. The zero-order valence-corrected chi connectivity index (χ0v) is 15.1. The molecule has 4 rings (SSSR count). The normalized spacial score (nSPS) is 13.4. The number of fused-ring (bicyclic) bond motifs is 3. The summed E-state index contributed by atoms with van der Waals surface area (Å²) < 4.78 is 0. The minimum absolute atomic E-state index is 0.0112. The Morgan fingerprint density at radius 2 is 2.08 bits per heavy atom. The maximum Gasteiger partial charge on any atom is 0.288 e. The molecule has 26 heavy (non-hydrogen) atoms. The quantitative estimate of drug-likeness (QED) is 0.530. The van der Waals surface area contributed by atoms with Crippen molar-refractivity contribution in [3.8, 4) is 0 Å². The summed E-state index contributed by atoms with van der Waals surface area (Å²) in [5.41, 5.74) is 1.05. The number of amides is 1. The van der Waals surface area contributed by atoms with Gasteiger partial charge in [0.1, 0.15) is 22.0 Å². The van der Waals surface area contributed by atoms with E-state index in [1.165, 1.54) is 35.0 Å². The monoisotopic (exact) mass is 388 g/mol. The standard InChI is InChI=1S/C17H13ClN4O3S/c18-11-6-5-9(7-12(11)22(24)25)16(23)21-15-14-10-3-1-2-4-13(10)26-17(14)20-8-19-15/h5-8H,1-4H2,(H,19,20,21,23). The number of aromatic nitrogens is 2. The third-order valence-electron chi connectivity index (χ3n) is 4.39. The van der Waals surface area contributed by atoms with Gasteiger partial charge < -0.3 is 5.32 Å². The van der Waals surface area contributed by atoms with E-state index in [0.29, 0.717) is 5.82 Å². The zero-order chi connectivity index (χ0) is 18.3. The van der Waals surface area contributed by atoms with Crippen molar-refractivity contribution in [3.05, 3.63) is 55.7 Å². The second kappa shape index (κ2) is 6.62. The number of anilines is 1. The first-order valence-corrected chi connectivity index (χ1v) is 9.24. The summed E-state index contributed by atoms with van der Waals surface area (Å²) in [6.07, 6.45) is 5.64. The van der Waals surface area contributed by atoms with E-state index < -0.39 is 10.8 Å². The van der Waals surface area contributed by atoms with E-state index in [1.54, 1.807) is 11.3 Å². The summed E-state index contributed by atoms with van der Waals surface area (Å²) in [7, 11) is 0. The molecule has 132 valence electrons. The van der Waals surface area contributed by atoms with Crippen molar-refractivity contribution in [2.45, 2.75) is 25.7 Å². The van der Waals surface area contributed by atoms with Gasteiger partial charge in [-0.3, -0.25) is 14.9 Å². The molecule has 3 aromatic rings. The third-order valence-corrected chi connectivity index (χ3v) is 5.91. The molecule has 2 heterocycles. The predicted octanol–water partition coefficient (Wildman–Crippen LogP) is 4.38. The predicted molar refractivity (Wildman–Crippen MR) is 100 cm³/mol. The number of nitro groups is 1. The lowest BCUT2D eigenvalue weighted by atomic mass is 9.97. The fourth-order valence-corrected chi connectivity index (χ4v) is 4.57. The zero-order valence-electron chi connectivity index (χ0n) is 13.5. The Morgan fingerprint density at radius 3 is 2.88 bits per heavy atom. The van der Waals surface area contributed by atoms with Crippen LogP contribution in [0.1, 0.15) is 33.6 Å². The Balaban J connectivity index is 1.71. The summed E-state index contributed by atoms with van der Waals surface area (Å²) in [5.74, 6) is -0.0301. The van der Waals surface area contributed by atoms with E-state index in [-0.39, 0.29) is 16.3 Å². The number of carbonyl (C=O) groups excluding carboxylic acids is 1. The number of hydrogen-bond acceptors (Lipinski definition) is 6. The highest BCUT2D eigenvalue weighted by Crippen LogP contribution is 2.38. The summed E-state index contributed by atoms with van der Waals surface area (Å²) in [4.78, 5) is 33.7. The van der Waals surface area contributed by atoms with Crippen LogP contribution in [0.3, 0.4) is 0 Å². The van der Waals surface area contributed by atoms with Gasteiger partial charge in [0, 0.05) is 16.5 Å². The first-order chi connectivity index (χ1) is 12.5. The van der Waals surface area contributed by atoms with Crippen molar-refractivity contribution in [3.63, 3.8) is 0 Å². The molecule has 1 aliphatic carbocycles. The van der Waals surface area contributed by atoms with Crippen molar-refractivity contribution in [1.82, 2.24) is 9.97 Å². The second-order valence-corrected chi connectivity index (χ2v) is 7.48. The lowest BCUT2D eigenvalue weighted by molar-refractivity contribution is -0.384. The lowest BCUT2D eigenvalue weighted by Crippen LogP contribution is -2.14. The number of halogens is 1. The minimum Gasteiger partial charge on any atom is -0.306 e. The Kier molecular flexibility index (Phi) is 4.29. The molecule has 0 unspecified atom stereocenters. The molecule has 0 bridgehead atoms. The van der Waals surface area contributed by atoms with Gasteiger partial charge in [-0.05, 0) is 43.4 Å². The summed E-state index contributed by atoms with van der Waals surface area (Å²) >= 11 is 7.44. The van der Waals surface area contributed by atoms with Crippen LogP contribution >= 0.6 is 22.9 Å². The average molecular weight is 389 g/mol. The van der Waals surface area contributed by atoms with Crippen LogP contribution in [0.25, 0.3) is 10.2 Å². The molecule has 0 spiro atoms. The molecule has 2 aromatic heterocycles. The number of aryl methyl sites for hydroxylation is 2. The van der Waals surface area contributed by atoms with E-state index in [1.807, 2.05) is 0 Å². The van der Waals surface area contributed by atoms with E-state index in [9.17, 15) is 14.9 Å². The van der Waals surface area contributed by atoms with Crippen molar-refractivity contribution >= 4 is 50.6 Å². The fraction of sp³-hybridized carbons (Fsp3) is 0.235. The number of nitro benzene ring substituents is 1. The molecule has 1 aromatic carbocycles. The van der Waals surface area contributed by atoms with Crippen LogP contribution in [0.5, 0.6) is 0 Å². The number of nitrogens with zero attached hydrogens (tertiary/aromatic N) is 3. The fourth-order valence-electron chi connectivity index (χ4n) is 3.16. The molecule has 0 radical (unpaired) electrons. The molecule has 0 saturated carbocycles. The Bertz CT molecular complexity index is 1050. The molecule has 1 aliphatic rings. The highest BCUT2D eigenvalue weighted by Gasteiger charge is 2.22. The van der Waals surface area contributed by atoms with E-state index in [0.717, 1.165) is 35.9 Å². The number of thiophene rings is 1. The summed E-state index contributed by atoms with van der Waals surface area (Å²) in [5, 5.41) is 14.7. The van der Waals surface area contributed by atoms with E-state index in [2.05, 4.69) is 15.3 Å². The van der Waals surface area contributed by atoms with Gasteiger partial charge in [-0.25, -0.2) is 9.97 Å². The van der Waals surface area contributed by atoms with Crippen LogP contribution in [-0.2, 0) is 12.8 Å². The number of carbonyl (C=O) groups is 1. The van der Waals surface area contributed by atoms with Gasteiger partial charge in [0.25, 0.3) is 11.6 Å². The van der Waals surface area contributed by atoms with Crippen molar-refractivity contribution < 1.29 is 9.72 Å². The van der Waals surface area contributed by atoms with Crippen LogP contribution in [0, 0.1) is 10.1 Å². The second-order valence-electron chi connectivity index (χ2n) is 5.99. The van der Waals surface area contributed by atoms with Gasteiger partial charge in [-0.1, -0.05) is 11.6 Å². The molecule has 0 saturated heterocycles. The van der Waals surface area contributed by atoms with Crippen LogP contribution in [0.15, 0.2) is 24.5 Å². The molecule has 7 nitrogen and oxygen atoms in total. The topological polar surface area (TPSA) is 98.0 Å². The average Bonchev–Trinajstić information content (AvgIpc) is 3.01. The first-order valence-electron chi connectivity index (χ1n) is 8.05. The van der Waals surface area contributed by atoms with Gasteiger partial charge in [-0.2, -0.15) is 0 Å².